The summed E-state index contributed by atoms with van der Waals surface area (Å²) >= 11 is 0. The number of hydrogen-bond acceptors (Lipinski definition) is 4. The highest BCUT2D eigenvalue weighted by atomic mass is 16.5. The van der Waals surface area contributed by atoms with Crippen molar-refractivity contribution in [2.24, 2.45) is 0 Å². The summed E-state index contributed by atoms with van der Waals surface area (Å²) in [5.74, 6) is -0.292. The van der Waals surface area contributed by atoms with Gasteiger partial charge in [-0.3, -0.25) is 0 Å². The lowest BCUT2D eigenvalue weighted by Gasteiger charge is -2.14. The lowest BCUT2D eigenvalue weighted by molar-refractivity contribution is -0.138. The summed E-state index contributed by atoms with van der Waals surface area (Å²) in [6, 6.07) is 0. The van der Waals surface area contributed by atoms with Gasteiger partial charge in [0.15, 0.2) is 0 Å². The van der Waals surface area contributed by atoms with Crippen LogP contribution >= 0.6 is 0 Å². The van der Waals surface area contributed by atoms with Gasteiger partial charge in [-0.2, -0.15) is 0 Å². The van der Waals surface area contributed by atoms with Crippen LogP contribution in [0.5, 0.6) is 0 Å². The van der Waals surface area contributed by atoms with Crippen LogP contribution in [0.2, 0.25) is 0 Å². The number of likely N-dealkylation sites (tertiary alicyclic amines) is 1. The number of ether oxygens (including phenoxy) is 1. The third-order valence-corrected chi connectivity index (χ3v) is 2.93. The number of carbonyl (C=O) groups is 1. The van der Waals surface area contributed by atoms with Gasteiger partial charge in [0.25, 0.3) is 0 Å². The molecule has 0 amide bonds. The zero-order valence-corrected chi connectivity index (χ0v) is 10.8. The maximum absolute atomic E-state index is 11.2. The molecule has 0 atom stereocenters. The van der Waals surface area contributed by atoms with Crippen LogP contribution in [0.1, 0.15) is 26.2 Å². The number of carbonyl (C=O) groups excluding carboxylic acids is 1. The van der Waals surface area contributed by atoms with Gasteiger partial charge in [0.2, 0.25) is 0 Å². The summed E-state index contributed by atoms with van der Waals surface area (Å²) in [6.45, 7) is 11.0. The highest BCUT2D eigenvalue weighted by molar-refractivity contribution is 5.88. The van der Waals surface area contributed by atoms with Gasteiger partial charge in [0, 0.05) is 12.1 Å². The van der Waals surface area contributed by atoms with E-state index in [1.54, 1.807) is 6.92 Å². The molecule has 1 aliphatic rings. The van der Waals surface area contributed by atoms with E-state index in [0.717, 1.165) is 19.5 Å². The van der Waals surface area contributed by atoms with E-state index >= 15 is 0 Å². The Morgan fingerprint density at radius 2 is 2.12 bits per heavy atom. The van der Waals surface area contributed by atoms with Crippen LogP contribution in [-0.2, 0) is 9.53 Å². The summed E-state index contributed by atoms with van der Waals surface area (Å²) in [5, 5.41) is 3.22. The number of nitrogens with one attached hydrogen (secondary N) is 1. The molecule has 0 aromatic carbocycles. The van der Waals surface area contributed by atoms with Crippen LogP contribution in [0.4, 0.5) is 0 Å². The van der Waals surface area contributed by atoms with Gasteiger partial charge >= 0.3 is 5.97 Å². The fourth-order valence-corrected chi connectivity index (χ4v) is 1.98. The molecule has 0 unspecified atom stereocenters. The minimum absolute atomic E-state index is 0.292. The molecule has 0 radical (unpaired) electrons. The zero-order valence-electron chi connectivity index (χ0n) is 10.8. The van der Waals surface area contributed by atoms with E-state index in [9.17, 15) is 4.79 Å². The smallest absolute Gasteiger partial charge is 0.334 e. The van der Waals surface area contributed by atoms with Crippen LogP contribution in [0.3, 0.4) is 0 Å². The van der Waals surface area contributed by atoms with E-state index in [4.69, 9.17) is 4.74 Å². The molecule has 1 fully saturated rings. The predicted molar refractivity (Wildman–Crippen MR) is 68.9 cm³/mol. The molecule has 0 bridgehead atoms. The molecule has 17 heavy (non-hydrogen) atoms. The fraction of sp³-hybridized carbons (Fsp3) is 0.769. The maximum atomic E-state index is 11.2. The second-order valence-electron chi connectivity index (χ2n) is 4.40. The quantitative estimate of drug-likeness (QED) is 0.393. The summed E-state index contributed by atoms with van der Waals surface area (Å²) < 4.78 is 4.86. The summed E-state index contributed by atoms with van der Waals surface area (Å²) in [5.41, 5.74) is 0.507. The highest BCUT2D eigenvalue weighted by Gasteiger charge is 2.10. The van der Waals surface area contributed by atoms with E-state index in [1.807, 2.05) is 0 Å². The van der Waals surface area contributed by atoms with Gasteiger partial charge in [-0.25, -0.2) is 4.79 Å². The van der Waals surface area contributed by atoms with Crippen molar-refractivity contribution in [1.29, 1.82) is 0 Å². The van der Waals surface area contributed by atoms with Gasteiger partial charge in [0.1, 0.15) is 0 Å². The highest BCUT2D eigenvalue weighted by Crippen LogP contribution is 2.06. The first-order valence-corrected chi connectivity index (χ1v) is 6.52. The molecule has 1 rings (SSSR count). The Labute approximate surface area is 104 Å². The maximum Gasteiger partial charge on any atom is 0.334 e. The van der Waals surface area contributed by atoms with Crippen molar-refractivity contribution < 1.29 is 9.53 Å². The van der Waals surface area contributed by atoms with Crippen molar-refractivity contribution >= 4 is 5.97 Å². The number of esters is 1. The first-order valence-electron chi connectivity index (χ1n) is 6.52. The summed E-state index contributed by atoms with van der Waals surface area (Å²) in [6.07, 6.45) is 3.80. The fourth-order valence-electron chi connectivity index (χ4n) is 1.98. The lowest BCUT2D eigenvalue weighted by atomic mass is 10.3. The minimum Gasteiger partial charge on any atom is -0.463 e. The van der Waals surface area contributed by atoms with Crippen molar-refractivity contribution in [2.75, 3.05) is 39.3 Å². The molecular formula is C13H24N2O2. The second-order valence-corrected chi connectivity index (χ2v) is 4.40. The minimum atomic E-state index is -0.292. The average molecular weight is 240 g/mol. The molecule has 1 N–H and O–H groups in total. The molecule has 0 aliphatic carbocycles. The molecule has 4 nitrogen and oxygen atoms in total. The molecule has 1 saturated heterocycles. The molecule has 4 heteroatoms. The van der Waals surface area contributed by atoms with Gasteiger partial charge in [-0.15, -0.1) is 0 Å². The summed E-state index contributed by atoms with van der Waals surface area (Å²) in [4.78, 5) is 13.7. The van der Waals surface area contributed by atoms with E-state index in [-0.39, 0.29) is 5.97 Å². The van der Waals surface area contributed by atoms with Gasteiger partial charge in [0.05, 0.1) is 6.61 Å². The molecule has 0 aromatic heterocycles. The van der Waals surface area contributed by atoms with Crippen molar-refractivity contribution in [3.63, 3.8) is 0 Å². The average Bonchev–Trinajstić information content (AvgIpc) is 2.81. The predicted octanol–water partition coefficient (Wildman–Crippen LogP) is 1.18. The molecule has 0 saturated carbocycles. The van der Waals surface area contributed by atoms with Crippen LogP contribution in [0.15, 0.2) is 12.2 Å². The first-order chi connectivity index (χ1) is 8.24. The monoisotopic (exact) mass is 240 g/mol. The van der Waals surface area contributed by atoms with E-state index in [0.29, 0.717) is 18.7 Å². The Morgan fingerprint density at radius 1 is 1.41 bits per heavy atom. The Hall–Kier alpha value is -0.870. The van der Waals surface area contributed by atoms with Crippen molar-refractivity contribution in [2.45, 2.75) is 26.2 Å². The standard InChI is InChI=1S/C13H24N2O2/c1-3-17-13(16)12(2)11-14-7-6-10-15-8-4-5-9-15/h14H,2-11H2,1H3. The molecule has 0 aromatic rings. The number of hydrogen-bond donors (Lipinski definition) is 1. The van der Waals surface area contributed by atoms with E-state index in [2.05, 4.69) is 16.8 Å². The van der Waals surface area contributed by atoms with Crippen molar-refractivity contribution in [3.8, 4) is 0 Å². The SMILES string of the molecule is C=C(CNCCCN1CCCC1)C(=O)OCC. The van der Waals surface area contributed by atoms with Crippen LogP contribution < -0.4 is 5.32 Å². The van der Waals surface area contributed by atoms with E-state index < -0.39 is 0 Å². The molecule has 1 heterocycles. The zero-order chi connectivity index (χ0) is 12.5. The molecule has 1 aliphatic heterocycles. The molecule has 98 valence electrons. The first kappa shape index (κ1) is 14.2. The Balaban J connectivity index is 1.96. The normalized spacial score (nSPS) is 16.1. The second kappa shape index (κ2) is 8.25. The van der Waals surface area contributed by atoms with Gasteiger partial charge in [-0.05, 0) is 52.4 Å². The Morgan fingerprint density at radius 3 is 2.76 bits per heavy atom. The summed E-state index contributed by atoms with van der Waals surface area (Å²) in [7, 11) is 0. The van der Waals surface area contributed by atoms with Gasteiger partial charge < -0.3 is 15.0 Å². The molecular weight excluding hydrogens is 216 g/mol. The number of nitrogens with zero attached hydrogens (tertiary/aromatic N) is 1. The third-order valence-electron chi connectivity index (χ3n) is 2.93. The third kappa shape index (κ3) is 5.84. The van der Waals surface area contributed by atoms with E-state index in [1.165, 1.54) is 25.9 Å². The Kier molecular flexibility index (Phi) is 6.89. The van der Waals surface area contributed by atoms with Crippen molar-refractivity contribution in [1.82, 2.24) is 10.2 Å². The topological polar surface area (TPSA) is 41.6 Å². The number of rotatable bonds is 8. The van der Waals surface area contributed by atoms with Crippen LogP contribution in [0.25, 0.3) is 0 Å². The Bertz CT molecular complexity index is 248. The van der Waals surface area contributed by atoms with Crippen LogP contribution in [-0.4, -0.2) is 50.2 Å². The largest absolute Gasteiger partial charge is 0.463 e. The van der Waals surface area contributed by atoms with Crippen LogP contribution in [0, 0.1) is 0 Å². The van der Waals surface area contributed by atoms with Crippen molar-refractivity contribution in [3.05, 3.63) is 12.2 Å². The van der Waals surface area contributed by atoms with Gasteiger partial charge in [-0.1, -0.05) is 6.58 Å². The lowest BCUT2D eigenvalue weighted by Crippen LogP contribution is -2.27. The molecule has 0 spiro atoms.